The van der Waals surface area contributed by atoms with E-state index < -0.39 is 10.1 Å². The molecular weight excluding hydrogens is 422 g/mol. The monoisotopic (exact) mass is 432 g/mol. The molecule has 0 aliphatic heterocycles. The fourth-order valence-electron chi connectivity index (χ4n) is 1.30. The van der Waals surface area contributed by atoms with Crippen LogP contribution in [0.1, 0.15) is 11.1 Å². The second kappa shape index (κ2) is 9.72. The van der Waals surface area contributed by atoms with Crippen molar-refractivity contribution in [2.75, 3.05) is 6.26 Å². The number of hydrogen-bond donors (Lipinski definition) is 1. The minimum atomic E-state index is -3.47. The van der Waals surface area contributed by atoms with E-state index in [4.69, 9.17) is 51.5 Å². The summed E-state index contributed by atoms with van der Waals surface area (Å²) in [6, 6.07) is 2.99. The van der Waals surface area contributed by atoms with Gasteiger partial charge in [0.15, 0.2) is 0 Å². The number of aromatic nitrogens is 2. The second-order valence-electron chi connectivity index (χ2n) is 4.32. The molecule has 0 atom stereocenters. The molecule has 2 aromatic rings. The highest BCUT2D eigenvalue weighted by molar-refractivity contribution is 7.85. The predicted molar refractivity (Wildman–Crippen MR) is 94.1 cm³/mol. The zero-order valence-electron chi connectivity index (χ0n) is 12.2. The van der Waals surface area contributed by atoms with E-state index in [1.807, 2.05) is 0 Å². The molecule has 24 heavy (non-hydrogen) atoms. The molecule has 132 valence electrons. The van der Waals surface area contributed by atoms with Gasteiger partial charge in [-0.05, 0) is 12.1 Å². The summed E-state index contributed by atoms with van der Waals surface area (Å²) in [5.74, 6) is 0. The molecule has 0 amide bonds. The number of hydrogen-bond acceptors (Lipinski definition) is 6. The van der Waals surface area contributed by atoms with Crippen LogP contribution in [0.3, 0.4) is 0 Å². The first-order valence-electron chi connectivity index (χ1n) is 6.17. The van der Waals surface area contributed by atoms with Gasteiger partial charge in [0, 0.05) is 23.5 Å². The van der Waals surface area contributed by atoms with Crippen LogP contribution in [0.5, 0.6) is 0 Å². The summed E-state index contributed by atoms with van der Waals surface area (Å²) in [4.78, 5) is 7.42. The van der Waals surface area contributed by atoms with Crippen LogP contribution < -0.4 is 0 Å². The summed E-state index contributed by atoms with van der Waals surface area (Å²) < 4.78 is 25.9. The molecule has 0 saturated heterocycles. The predicted octanol–water partition coefficient (Wildman–Crippen LogP) is 3.75. The SMILES string of the molecule is CS(=O)(=O)OCc1cc(Cl)ncc1Cl.OCc1cc(Cl)ncc1Cl. The molecule has 0 radical (unpaired) electrons. The topological polar surface area (TPSA) is 89.4 Å². The van der Waals surface area contributed by atoms with Crippen LogP contribution in [0.4, 0.5) is 0 Å². The lowest BCUT2D eigenvalue weighted by atomic mass is 10.3. The third-order valence-corrected chi connectivity index (χ3v) is 4.04. The van der Waals surface area contributed by atoms with E-state index in [0.29, 0.717) is 26.3 Å². The van der Waals surface area contributed by atoms with Gasteiger partial charge in [-0.1, -0.05) is 46.4 Å². The fourth-order valence-corrected chi connectivity index (χ4v) is 2.33. The molecule has 0 bridgehead atoms. The van der Waals surface area contributed by atoms with Gasteiger partial charge in [-0.2, -0.15) is 8.42 Å². The van der Waals surface area contributed by atoms with Crippen LogP contribution in [0, 0.1) is 0 Å². The van der Waals surface area contributed by atoms with Crippen LogP contribution in [-0.4, -0.2) is 29.7 Å². The van der Waals surface area contributed by atoms with Crippen LogP contribution in [0.25, 0.3) is 0 Å². The highest BCUT2D eigenvalue weighted by Gasteiger charge is 2.07. The van der Waals surface area contributed by atoms with Gasteiger partial charge in [0.05, 0.1) is 29.5 Å². The van der Waals surface area contributed by atoms with E-state index >= 15 is 0 Å². The quantitative estimate of drug-likeness (QED) is 0.583. The average Bonchev–Trinajstić information content (AvgIpc) is 2.50. The molecule has 0 aliphatic rings. The van der Waals surface area contributed by atoms with Crippen molar-refractivity contribution in [1.82, 2.24) is 9.97 Å². The van der Waals surface area contributed by atoms with Crippen LogP contribution in [-0.2, 0) is 27.5 Å². The van der Waals surface area contributed by atoms with E-state index in [-0.39, 0.29) is 18.4 Å². The van der Waals surface area contributed by atoms with Gasteiger partial charge in [-0.15, -0.1) is 0 Å². The van der Waals surface area contributed by atoms with E-state index in [1.165, 1.54) is 24.5 Å². The lowest BCUT2D eigenvalue weighted by molar-refractivity contribution is 0.282. The number of aliphatic hydroxyl groups excluding tert-OH is 1. The van der Waals surface area contributed by atoms with Gasteiger partial charge < -0.3 is 5.11 Å². The second-order valence-corrected chi connectivity index (χ2v) is 7.55. The first-order valence-corrected chi connectivity index (χ1v) is 9.50. The lowest BCUT2D eigenvalue weighted by Crippen LogP contribution is -2.03. The first kappa shape index (κ1) is 21.4. The Labute approximate surface area is 159 Å². The Kier molecular flexibility index (Phi) is 8.66. The van der Waals surface area contributed by atoms with Crippen LogP contribution in [0.2, 0.25) is 20.4 Å². The summed E-state index contributed by atoms with van der Waals surface area (Å²) >= 11 is 22.5. The molecule has 0 saturated carbocycles. The fraction of sp³-hybridized carbons (Fsp3) is 0.231. The van der Waals surface area contributed by atoms with Gasteiger partial charge in [0.2, 0.25) is 0 Å². The third kappa shape index (κ3) is 7.94. The van der Waals surface area contributed by atoms with Gasteiger partial charge in [0.25, 0.3) is 10.1 Å². The van der Waals surface area contributed by atoms with Crippen LogP contribution >= 0.6 is 46.4 Å². The minimum absolute atomic E-state index is 0.110. The standard InChI is InChI=1S/C7H7Cl2NO3S.C6H5Cl2NO/c1-14(11,12)13-4-5-2-7(9)10-3-6(5)8;7-5-2-9-6(8)1-4(5)3-10/h2-3H,4H2,1H3;1-2,10H,3H2. The maximum absolute atomic E-state index is 10.7. The molecule has 2 rings (SSSR count). The Bertz CT molecular complexity index is 803. The summed E-state index contributed by atoms with van der Waals surface area (Å²) in [6.07, 6.45) is 3.71. The number of rotatable bonds is 4. The number of aliphatic hydroxyl groups is 1. The maximum atomic E-state index is 10.7. The molecule has 2 aromatic heterocycles. The van der Waals surface area contributed by atoms with Gasteiger partial charge in [-0.3, -0.25) is 4.18 Å². The molecular formula is C13H12Cl4N2O4S. The van der Waals surface area contributed by atoms with Crippen molar-refractivity contribution < 1.29 is 17.7 Å². The van der Waals surface area contributed by atoms with Crippen molar-refractivity contribution in [2.45, 2.75) is 13.2 Å². The van der Waals surface area contributed by atoms with Crippen molar-refractivity contribution in [3.63, 3.8) is 0 Å². The average molecular weight is 434 g/mol. The smallest absolute Gasteiger partial charge is 0.264 e. The first-order chi connectivity index (χ1) is 11.1. The van der Waals surface area contributed by atoms with Gasteiger partial charge in [0.1, 0.15) is 10.3 Å². The number of halogens is 4. The summed E-state index contributed by atoms with van der Waals surface area (Å²) in [5, 5.41) is 10.0. The van der Waals surface area contributed by atoms with Crippen molar-refractivity contribution >= 4 is 56.5 Å². The highest BCUT2D eigenvalue weighted by atomic mass is 35.5. The Morgan fingerprint density at radius 1 is 1.00 bits per heavy atom. The number of pyridine rings is 2. The molecule has 0 aromatic carbocycles. The molecule has 2 heterocycles. The molecule has 0 fully saturated rings. The molecule has 0 unspecified atom stereocenters. The molecule has 11 heteroatoms. The van der Waals surface area contributed by atoms with E-state index in [1.54, 1.807) is 0 Å². The Morgan fingerprint density at radius 2 is 1.46 bits per heavy atom. The van der Waals surface area contributed by atoms with Gasteiger partial charge in [-0.25, -0.2) is 9.97 Å². The Hall–Kier alpha value is -0.670. The largest absolute Gasteiger partial charge is 0.392 e. The summed E-state index contributed by atoms with van der Waals surface area (Å²) in [7, 11) is -3.47. The van der Waals surface area contributed by atoms with Crippen LogP contribution in [0.15, 0.2) is 24.5 Å². The number of nitrogens with zero attached hydrogens (tertiary/aromatic N) is 2. The highest BCUT2D eigenvalue weighted by Crippen LogP contribution is 2.19. The minimum Gasteiger partial charge on any atom is -0.392 e. The van der Waals surface area contributed by atoms with Crippen molar-refractivity contribution in [3.05, 3.63) is 56.0 Å². The van der Waals surface area contributed by atoms with E-state index in [0.717, 1.165) is 6.26 Å². The Morgan fingerprint density at radius 3 is 1.88 bits per heavy atom. The zero-order valence-corrected chi connectivity index (χ0v) is 16.1. The maximum Gasteiger partial charge on any atom is 0.264 e. The normalized spacial score (nSPS) is 10.9. The van der Waals surface area contributed by atoms with Crippen molar-refractivity contribution in [2.24, 2.45) is 0 Å². The molecule has 6 nitrogen and oxygen atoms in total. The van der Waals surface area contributed by atoms with Gasteiger partial charge >= 0.3 is 0 Å². The molecule has 0 aliphatic carbocycles. The molecule has 1 N–H and O–H groups in total. The lowest BCUT2D eigenvalue weighted by Gasteiger charge is -2.03. The van der Waals surface area contributed by atoms with E-state index in [9.17, 15) is 8.42 Å². The molecule has 0 spiro atoms. The summed E-state index contributed by atoms with van der Waals surface area (Å²) in [5.41, 5.74) is 1.08. The zero-order chi connectivity index (χ0) is 18.3. The summed E-state index contributed by atoms with van der Waals surface area (Å²) in [6.45, 7) is -0.249. The third-order valence-electron chi connectivity index (χ3n) is 2.40. The van der Waals surface area contributed by atoms with E-state index in [2.05, 4.69) is 14.2 Å². The van der Waals surface area contributed by atoms with Crippen molar-refractivity contribution in [3.8, 4) is 0 Å². The Balaban J connectivity index is 0.000000254. The van der Waals surface area contributed by atoms with Crippen molar-refractivity contribution in [1.29, 1.82) is 0 Å².